The molecule has 3 aromatic carbocycles. The molecule has 0 heterocycles. The van der Waals surface area contributed by atoms with Crippen molar-refractivity contribution in [2.24, 2.45) is 0 Å². The zero-order valence-electron chi connectivity index (χ0n) is 17.7. The average molecular weight is 509 g/mol. The number of halogens is 1. The highest BCUT2D eigenvalue weighted by Gasteiger charge is 2.29. The highest BCUT2D eigenvalue weighted by Crippen LogP contribution is 2.44. The lowest BCUT2D eigenvalue weighted by Gasteiger charge is -2.15. The summed E-state index contributed by atoms with van der Waals surface area (Å²) in [5.74, 6) is -1.78. The molecule has 0 spiro atoms. The molecule has 0 aromatic heterocycles. The molecule has 1 atom stereocenters. The topological polar surface area (TPSA) is 105 Å². The molecule has 1 aliphatic rings. The Morgan fingerprint density at radius 2 is 1.61 bits per heavy atom. The number of anilines is 1. The molecule has 0 bridgehead atoms. The summed E-state index contributed by atoms with van der Waals surface area (Å²) in [6, 6.07) is 19.7. The van der Waals surface area contributed by atoms with E-state index in [4.69, 9.17) is 9.84 Å². The van der Waals surface area contributed by atoms with Gasteiger partial charge in [0.2, 0.25) is 0 Å². The Hall–Kier alpha value is -3.65. The minimum atomic E-state index is -1.14. The van der Waals surface area contributed by atoms with Gasteiger partial charge in [-0.05, 0) is 47.4 Å². The van der Waals surface area contributed by atoms with Gasteiger partial charge in [-0.25, -0.2) is 4.79 Å². The van der Waals surface area contributed by atoms with E-state index in [1.54, 1.807) is 6.07 Å². The number of hydrogen-bond acceptors (Lipinski definition) is 4. The molecule has 168 valence electrons. The molecular formula is C25H21BrN2O5. The number of rotatable bonds is 6. The van der Waals surface area contributed by atoms with Crippen molar-refractivity contribution in [2.75, 3.05) is 11.9 Å². The summed E-state index contributed by atoms with van der Waals surface area (Å²) in [5.41, 5.74) is 5.04. The summed E-state index contributed by atoms with van der Waals surface area (Å²) in [6.45, 7) is 1.53. The Morgan fingerprint density at radius 1 is 1.00 bits per heavy atom. The largest absolute Gasteiger partial charge is 0.480 e. The summed E-state index contributed by atoms with van der Waals surface area (Å²) in [5, 5.41) is 14.0. The number of aliphatic carboxylic acids is 1. The van der Waals surface area contributed by atoms with Crippen molar-refractivity contribution in [3.63, 3.8) is 0 Å². The van der Waals surface area contributed by atoms with Crippen molar-refractivity contribution in [1.82, 2.24) is 5.32 Å². The van der Waals surface area contributed by atoms with E-state index in [0.29, 0.717) is 10.2 Å². The van der Waals surface area contributed by atoms with Gasteiger partial charge in [0.05, 0.1) is 0 Å². The van der Waals surface area contributed by atoms with Gasteiger partial charge in [-0.15, -0.1) is 0 Å². The third-order valence-electron chi connectivity index (χ3n) is 5.47. The van der Waals surface area contributed by atoms with Crippen molar-refractivity contribution in [3.8, 4) is 11.1 Å². The Balaban J connectivity index is 1.44. The predicted molar refractivity (Wildman–Crippen MR) is 127 cm³/mol. The van der Waals surface area contributed by atoms with E-state index < -0.39 is 24.0 Å². The van der Waals surface area contributed by atoms with Crippen LogP contribution in [0.3, 0.4) is 0 Å². The van der Waals surface area contributed by atoms with Gasteiger partial charge in [-0.3, -0.25) is 14.9 Å². The quantitative estimate of drug-likeness (QED) is 0.433. The van der Waals surface area contributed by atoms with E-state index in [9.17, 15) is 14.4 Å². The Kier molecular flexibility index (Phi) is 6.46. The fourth-order valence-corrected chi connectivity index (χ4v) is 4.38. The van der Waals surface area contributed by atoms with Crippen molar-refractivity contribution in [3.05, 3.63) is 87.9 Å². The van der Waals surface area contributed by atoms with Crippen LogP contribution in [0.5, 0.6) is 0 Å². The predicted octanol–water partition coefficient (Wildman–Crippen LogP) is 5.01. The summed E-state index contributed by atoms with van der Waals surface area (Å²) in [7, 11) is 0. The standard InChI is InChI=1S/C25H21BrN2O5/c1-14(24(30)31)27-23(29)15-10-16(26)12-17(11-15)28-25(32)33-13-22-20-8-4-2-6-18(20)19-7-3-5-9-21(19)22/h2-12,14,22H,13H2,1H3,(H,27,29)(H,28,32)(H,30,31). The molecule has 8 heteroatoms. The van der Waals surface area contributed by atoms with Crippen molar-refractivity contribution in [2.45, 2.75) is 18.9 Å². The molecule has 2 amide bonds. The molecule has 0 saturated carbocycles. The highest BCUT2D eigenvalue weighted by molar-refractivity contribution is 9.10. The van der Waals surface area contributed by atoms with Crippen LogP contribution in [-0.4, -0.2) is 35.7 Å². The molecule has 1 unspecified atom stereocenters. The first kappa shape index (κ1) is 22.5. The van der Waals surface area contributed by atoms with Crippen molar-refractivity contribution < 1.29 is 24.2 Å². The number of ether oxygens (including phenoxy) is 1. The molecule has 0 aliphatic heterocycles. The maximum absolute atomic E-state index is 12.5. The molecule has 4 rings (SSSR count). The first-order valence-corrected chi connectivity index (χ1v) is 11.1. The molecule has 0 saturated heterocycles. The van der Waals surface area contributed by atoms with E-state index in [-0.39, 0.29) is 18.1 Å². The van der Waals surface area contributed by atoms with Crippen LogP contribution in [0, 0.1) is 0 Å². The number of nitrogens with one attached hydrogen (secondary N) is 2. The van der Waals surface area contributed by atoms with E-state index in [0.717, 1.165) is 22.3 Å². The van der Waals surface area contributed by atoms with Crippen LogP contribution >= 0.6 is 15.9 Å². The van der Waals surface area contributed by atoms with Crippen LogP contribution in [0.1, 0.15) is 34.3 Å². The summed E-state index contributed by atoms with van der Waals surface area (Å²) in [4.78, 5) is 35.9. The molecular weight excluding hydrogens is 488 g/mol. The lowest BCUT2D eigenvalue weighted by molar-refractivity contribution is -0.138. The fraction of sp³-hybridized carbons (Fsp3) is 0.160. The number of benzene rings is 3. The first-order chi connectivity index (χ1) is 15.8. The van der Waals surface area contributed by atoms with Crippen LogP contribution in [-0.2, 0) is 9.53 Å². The lowest BCUT2D eigenvalue weighted by Crippen LogP contribution is -2.38. The van der Waals surface area contributed by atoms with Crippen molar-refractivity contribution >= 4 is 39.6 Å². The average Bonchev–Trinajstić information content (AvgIpc) is 3.11. The van der Waals surface area contributed by atoms with Crippen molar-refractivity contribution in [1.29, 1.82) is 0 Å². The number of carbonyl (C=O) groups excluding carboxylic acids is 2. The normalized spacial score (nSPS) is 12.9. The molecule has 1 aliphatic carbocycles. The van der Waals surface area contributed by atoms with Gasteiger partial charge in [-0.2, -0.15) is 0 Å². The number of fused-ring (bicyclic) bond motifs is 3. The summed E-state index contributed by atoms with van der Waals surface area (Å²) >= 11 is 3.31. The van der Waals surface area contributed by atoms with Crippen LogP contribution in [0.4, 0.5) is 10.5 Å². The Labute approximate surface area is 198 Å². The van der Waals surface area contributed by atoms with E-state index in [1.807, 2.05) is 36.4 Å². The lowest BCUT2D eigenvalue weighted by atomic mass is 9.98. The van der Waals surface area contributed by atoms with E-state index in [2.05, 4.69) is 38.7 Å². The first-order valence-electron chi connectivity index (χ1n) is 10.3. The third kappa shape index (κ3) is 4.90. The van der Waals surface area contributed by atoms with Gasteiger partial charge in [0, 0.05) is 21.6 Å². The van der Waals surface area contributed by atoms with Gasteiger partial charge >= 0.3 is 12.1 Å². The SMILES string of the molecule is CC(NC(=O)c1cc(Br)cc(NC(=O)OCC2c3ccccc3-c3ccccc32)c1)C(=O)O. The molecule has 33 heavy (non-hydrogen) atoms. The number of hydrogen-bond donors (Lipinski definition) is 3. The zero-order chi connectivity index (χ0) is 23.5. The number of carboxylic acids is 1. The smallest absolute Gasteiger partial charge is 0.411 e. The molecule has 7 nitrogen and oxygen atoms in total. The molecule has 0 radical (unpaired) electrons. The van der Waals surface area contributed by atoms with Crippen LogP contribution in [0.25, 0.3) is 11.1 Å². The zero-order valence-corrected chi connectivity index (χ0v) is 19.3. The number of amides is 2. The second-order valence-electron chi connectivity index (χ2n) is 7.71. The van der Waals surface area contributed by atoms with E-state index in [1.165, 1.54) is 19.1 Å². The maximum Gasteiger partial charge on any atom is 0.411 e. The van der Waals surface area contributed by atoms with Crippen LogP contribution in [0.2, 0.25) is 0 Å². The number of carbonyl (C=O) groups is 3. The summed E-state index contributed by atoms with van der Waals surface area (Å²) < 4.78 is 6.08. The number of carboxylic acid groups (broad SMARTS) is 1. The molecule has 3 N–H and O–H groups in total. The molecule has 0 fully saturated rings. The Bertz CT molecular complexity index is 1200. The Morgan fingerprint density at radius 3 is 2.21 bits per heavy atom. The van der Waals surface area contributed by atoms with Crippen LogP contribution in [0.15, 0.2) is 71.2 Å². The van der Waals surface area contributed by atoms with Crippen LogP contribution < -0.4 is 10.6 Å². The van der Waals surface area contributed by atoms with Gasteiger partial charge in [0.1, 0.15) is 12.6 Å². The highest BCUT2D eigenvalue weighted by atomic mass is 79.9. The fourth-order valence-electron chi connectivity index (χ4n) is 3.89. The minimum absolute atomic E-state index is 0.0653. The second kappa shape index (κ2) is 9.46. The van der Waals surface area contributed by atoms with Gasteiger partial charge < -0.3 is 15.2 Å². The summed E-state index contributed by atoms with van der Waals surface area (Å²) in [6.07, 6.45) is -0.653. The van der Waals surface area contributed by atoms with Gasteiger partial charge in [-0.1, -0.05) is 64.5 Å². The second-order valence-corrected chi connectivity index (χ2v) is 8.63. The van der Waals surface area contributed by atoms with Gasteiger partial charge in [0.15, 0.2) is 0 Å². The van der Waals surface area contributed by atoms with Gasteiger partial charge in [0.25, 0.3) is 5.91 Å². The molecule has 3 aromatic rings. The maximum atomic E-state index is 12.5. The minimum Gasteiger partial charge on any atom is -0.480 e. The monoisotopic (exact) mass is 508 g/mol. The van der Waals surface area contributed by atoms with E-state index >= 15 is 0 Å². The third-order valence-corrected chi connectivity index (χ3v) is 5.93.